The Hall–Kier alpha value is -1.88. The van der Waals surface area contributed by atoms with Gasteiger partial charge in [0.15, 0.2) is 0 Å². The fourth-order valence-electron chi connectivity index (χ4n) is 1.77. The third kappa shape index (κ3) is 5.01. The molecular formula is C15H23N3O2. The van der Waals surface area contributed by atoms with Crippen LogP contribution in [0.3, 0.4) is 0 Å². The number of likely N-dealkylation sites (N-methyl/N-ethyl adjacent to an activating group) is 1. The Bertz CT molecular complexity index is 443. The Morgan fingerprint density at radius 1 is 1.20 bits per heavy atom. The van der Waals surface area contributed by atoms with Gasteiger partial charge >= 0.3 is 0 Å². The minimum absolute atomic E-state index is 0.0637. The highest BCUT2D eigenvalue weighted by atomic mass is 16.2. The smallest absolute Gasteiger partial charge is 0.251 e. The number of carbonyl (C=O) groups excluding carboxylic acids is 2. The van der Waals surface area contributed by atoms with E-state index in [0.29, 0.717) is 18.7 Å². The number of hydrogen-bond acceptors (Lipinski definition) is 3. The molecule has 2 N–H and O–H groups in total. The molecule has 0 saturated carbocycles. The van der Waals surface area contributed by atoms with Gasteiger partial charge in [-0.05, 0) is 30.7 Å². The molecule has 1 aromatic rings. The molecular weight excluding hydrogens is 254 g/mol. The number of carbonyl (C=O) groups is 2. The Morgan fingerprint density at radius 3 is 2.40 bits per heavy atom. The quantitative estimate of drug-likeness (QED) is 0.731. The van der Waals surface area contributed by atoms with Gasteiger partial charge in [-0.1, -0.05) is 19.1 Å². The molecule has 2 amide bonds. The number of nitrogens with one attached hydrogen (secondary N) is 2. The summed E-state index contributed by atoms with van der Waals surface area (Å²) in [5, 5.41) is 5.67. The second-order valence-electron chi connectivity index (χ2n) is 4.70. The van der Waals surface area contributed by atoms with Crippen LogP contribution in [0.1, 0.15) is 29.3 Å². The summed E-state index contributed by atoms with van der Waals surface area (Å²) in [5.41, 5.74) is 1.62. The average molecular weight is 277 g/mol. The maximum atomic E-state index is 11.8. The highest BCUT2D eigenvalue weighted by Crippen LogP contribution is 2.07. The van der Waals surface area contributed by atoms with Crippen molar-refractivity contribution >= 4 is 11.8 Å². The van der Waals surface area contributed by atoms with Crippen LogP contribution in [-0.4, -0.2) is 43.9 Å². The zero-order valence-electron chi connectivity index (χ0n) is 12.4. The third-order valence-corrected chi connectivity index (χ3v) is 2.99. The molecule has 0 radical (unpaired) electrons. The second kappa shape index (κ2) is 8.32. The number of amides is 2. The van der Waals surface area contributed by atoms with Crippen molar-refractivity contribution in [2.45, 2.75) is 19.9 Å². The van der Waals surface area contributed by atoms with Crippen LogP contribution in [0, 0.1) is 0 Å². The fourth-order valence-corrected chi connectivity index (χ4v) is 1.77. The van der Waals surface area contributed by atoms with Crippen molar-refractivity contribution in [1.29, 1.82) is 0 Å². The second-order valence-corrected chi connectivity index (χ2v) is 4.70. The summed E-state index contributed by atoms with van der Waals surface area (Å²) in [5.74, 6) is -0.0430. The van der Waals surface area contributed by atoms with E-state index >= 15 is 0 Å². The largest absolute Gasteiger partial charge is 0.355 e. The van der Waals surface area contributed by atoms with Gasteiger partial charge in [0, 0.05) is 26.2 Å². The maximum absolute atomic E-state index is 11.8. The number of rotatable bonds is 7. The van der Waals surface area contributed by atoms with Crippen LogP contribution in [0.2, 0.25) is 0 Å². The van der Waals surface area contributed by atoms with E-state index in [4.69, 9.17) is 0 Å². The molecule has 0 unspecified atom stereocenters. The van der Waals surface area contributed by atoms with E-state index < -0.39 is 0 Å². The standard InChI is InChI=1S/C15H23N3O2/c1-4-9-17-10-14(19)18(3)11-12-5-7-13(8-6-12)15(20)16-2/h5-8,17H,4,9-11H2,1-3H3,(H,16,20). The summed E-state index contributed by atoms with van der Waals surface area (Å²) in [6, 6.07) is 7.27. The van der Waals surface area contributed by atoms with Gasteiger partial charge in [0.1, 0.15) is 0 Å². The molecule has 0 aliphatic heterocycles. The maximum Gasteiger partial charge on any atom is 0.251 e. The lowest BCUT2D eigenvalue weighted by atomic mass is 10.1. The van der Waals surface area contributed by atoms with E-state index in [1.54, 1.807) is 31.1 Å². The molecule has 0 saturated heterocycles. The first-order valence-corrected chi connectivity index (χ1v) is 6.84. The summed E-state index contributed by atoms with van der Waals surface area (Å²) in [7, 11) is 3.38. The van der Waals surface area contributed by atoms with E-state index in [-0.39, 0.29) is 11.8 Å². The molecule has 5 nitrogen and oxygen atoms in total. The Balaban J connectivity index is 2.51. The summed E-state index contributed by atoms with van der Waals surface area (Å²) in [6.45, 7) is 3.82. The van der Waals surface area contributed by atoms with Crippen LogP contribution in [0.15, 0.2) is 24.3 Å². The molecule has 0 heterocycles. The normalized spacial score (nSPS) is 10.2. The molecule has 20 heavy (non-hydrogen) atoms. The van der Waals surface area contributed by atoms with Gasteiger partial charge in [0.25, 0.3) is 5.91 Å². The third-order valence-electron chi connectivity index (χ3n) is 2.99. The SMILES string of the molecule is CCCNCC(=O)N(C)Cc1ccc(C(=O)NC)cc1. The van der Waals surface area contributed by atoms with Crippen molar-refractivity contribution in [3.8, 4) is 0 Å². The van der Waals surface area contributed by atoms with Gasteiger partial charge in [-0.15, -0.1) is 0 Å². The summed E-state index contributed by atoms with van der Waals surface area (Å²) < 4.78 is 0. The van der Waals surface area contributed by atoms with E-state index in [2.05, 4.69) is 17.6 Å². The molecule has 0 atom stereocenters. The first-order valence-electron chi connectivity index (χ1n) is 6.84. The van der Waals surface area contributed by atoms with Gasteiger partial charge < -0.3 is 15.5 Å². The lowest BCUT2D eigenvalue weighted by Gasteiger charge is -2.17. The highest BCUT2D eigenvalue weighted by Gasteiger charge is 2.09. The zero-order chi connectivity index (χ0) is 15.0. The van der Waals surface area contributed by atoms with E-state index in [1.807, 2.05) is 12.1 Å². The molecule has 5 heteroatoms. The lowest BCUT2D eigenvalue weighted by Crippen LogP contribution is -2.35. The first-order chi connectivity index (χ1) is 9.58. The molecule has 0 aromatic heterocycles. The molecule has 1 aromatic carbocycles. The molecule has 0 fully saturated rings. The monoisotopic (exact) mass is 277 g/mol. The molecule has 0 aliphatic rings. The Labute approximate surface area is 120 Å². The minimum atomic E-state index is -0.107. The zero-order valence-corrected chi connectivity index (χ0v) is 12.4. The molecule has 0 spiro atoms. The number of benzene rings is 1. The predicted octanol–water partition coefficient (Wildman–Crippen LogP) is 1.00. The van der Waals surface area contributed by atoms with Gasteiger partial charge in [0.2, 0.25) is 5.91 Å². The van der Waals surface area contributed by atoms with Gasteiger partial charge in [0.05, 0.1) is 6.54 Å². The average Bonchev–Trinajstić information content (AvgIpc) is 2.47. The molecule has 1 rings (SSSR count). The Kier molecular flexibility index (Phi) is 6.73. The lowest BCUT2D eigenvalue weighted by molar-refractivity contribution is -0.129. The van der Waals surface area contributed by atoms with Crippen molar-refractivity contribution in [1.82, 2.24) is 15.5 Å². The predicted molar refractivity (Wildman–Crippen MR) is 79.5 cm³/mol. The van der Waals surface area contributed by atoms with Crippen LogP contribution >= 0.6 is 0 Å². The minimum Gasteiger partial charge on any atom is -0.355 e. The van der Waals surface area contributed by atoms with Crippen LogP contribution < -0.4 is 10.6 Å². The topological polar surface area (TPSA) is 61.4 Å². The van der Waals surface area contributed by atoms with E-state index in [0.717, 1.165) is 18.5 Å². The van der Waals surface area contributed by atoms with Crippen LogP contribution in [0.25, 0.3) is 0 Å². The van der Waals surface area contributed by atoms with Crippen molar-refractivity contribution < 1.29 is 9.59 Å². The van der Waals surface area contributed by atoms with Crippen LogP contribution in [0.5, 0.6) is 0 Å². The van der Waals surface area contributed by atoms with Gasteiger partial charge in [-0.3, -0.25) is 9.59 Å². The summed E-state index contributed by atoms with van der Waals surface area (Å²) in [6.07, 6.45) is 1.01. The Morgan fingerprint density at radius 2 is 1.85 bits per heavy atom. The van der Waals surface area contributed by atoms with Crippen molar-refractivity contribution in [2.75, 3.05) is 27.2 Å². The van der Waals surface area contributed by atoms with E-state index in [9.17, 15) is 9.59 Å². The van der Waals surface area contributed by atoms with Gasteiger partial charge in [-0.2, -0.15) is 0 Å². The summed E-state index contributed by atoms with van der Waals surface area (Å²) >= 11 is 0. The summed E-state index contributed by atoms with van der Waals surface area (Å²) in [4.78, 5) is 24.9. The number of hydrogen-bond donors (Lipinski definition) is 2. The van der Waals surface area contributed by atoms with Crippen LogP contribution in [-0.2, 0) is 11.3 Å². The molecule has 110 valence electrons. The van der Waals surface area contributed by atoms with Crippen LogP contribution in [0.4, 0.5) is 0 Å². The van der Waals surface area contributed by atoms with Crippen molar-refractivity contribution in [3.05, 3.63) is 35.4 Å². The molecule has 0 aliphatic carbocycles. The van der Waals surface area contributed by atoms with Gasteiger partial charge in [-0.25, -0.2) is 0 Å². The first kappa shape index (κ1) is 16.2. The molecule has 0 bridgehead atoms. The highest BCUT2D eigenvalue weighted by molar-refractivity contribution is 5.93. The van der Waals surface area contributed by atoms with Crippen molar-refractivity contribution in [2.24, 2.45) is 0 Å². The van der Waals surface area contributed by atoms with E-state index in [1.165, 1.54) is 0 Å². The number of nitrogens with zero attached hydrogens (tertiary/aromatic N) is 1. The van der Waals surface area contributed by atoms with Crippen molar-refractivity contribution in [3.63, 3.8) is 0 Å². The fraction of sp³-hybridized carbons (Fsp3) is 0.467.